The van der Waals surface area contributed by atoms with Gasteiger partial charge >= 0.3 is 0 Å². The van der Waals surface area contributed by atoms with Crippen molar-refractivity contribution in [2.24, 2.45) is 0 Å². The predicted octanol–water partition coefficient (Wildman–Crippen LogP) is 3.21. The van der Waals surface area contributed by atoms with Crippen LogP contribution in [0, 0.1) is 5.82 Å². The molecule has 0 fully saturated rings. The number of aromatic nitrogens is 4. The fourth-order valence-corrected chi connectivity index (χ4v) is 2.43. The second-order valence-corrected chi connectivity index (χ2v) is 5.36. The highest BCUT2D eigenvalue weighted by atomic mass is 19.1. The molecule has 0 unspecified atom stereocenters. The van der Waals surface area contributed by atoms with E-state index in [1.807, 2.05) is 6.07 Å². The highest BCUT2D eigenvalue weighted by Gasteiger charge is 2.10. The maximum absolute atomic E-state index is 12.9. The van der Waals surface area contributed by atoms with Gasteiger partial charge < -0.3 is 5.32 Å². The van der Waals surface area contributed by atoms with Gasteiger partial charge in [-0.25, -0.2) is 9.37 Å². The lowest BCUT2D eigenvalue weighted by molar-refractivity contribution is 0.102. The van der Waals surface area contributed by atoms with Crippen LogP contribution in [0.25, 0.3) is 16.9 Å². The van der Waals surface area contributed by atoms with E-state index in [1.165, 1.54) is 24.3 Å². The van der Waals surface area contributed by atoms with Crippen molar-refractivity contribution in [2.75, 3.05) is 5.32 Å². The zero-order chi connectivity index (χ0) is 17.2. The van der Waals surface area contributed by atoms with Crippen LogP contribution in [-0.4, -0.2) is 25.9 Å². The first-order valence-corrected chi connectivity index (χ1v) is 7.54. The number of fused-ring (bicyclic) bond motifs is 1. The minimum absolute atomic E-state index is 0.278. The summed E-state index contributed by atoms with van der Waals surface area (Å²) in [4.78, 5) is 16.5. The van der Waals surface area contributed by atoms with Gasteiger partial charge in [0.1, 0.15) is 11.3 Å². The van der Waals surface area contributed by atoms with Crippen LogP contribution in [0.2, 0.25) is 0 Å². The quantitative estimate of drug-likeness (QED) is 0.625. The number of halogens is 1. The van der Waals surface area contributed by atoms with Crippen molar-refractivity contribution in [2.45, 2.75) is 0 Å². The molecule has 0 radical (unpaired) electrons. The van der Waals surface area contributed by atoms with Gasteiger partial charge in [-0.1, -0.05) is 5.21 Å². The van der Waals surface area contributed by atoms with Crippen molar-refractivity contribution in [3.63, 3.8) is 0 Å². The lowest BCUT2D eigenvalue weighted by atomic mass is 10.2. The monoisotopic (exact) mass is 333 g/mol. The van der Waals surface area contributed by atoms with Crippen LogP contribution in [0.1, 0.15) is 10.4 Å². The van der Waals surface area contributed by atoms with Gasteiger partial charge in [-0.2, -0.15) is 4.68 Å². The molecule has 122 valence electrons. The van der Waals surface area contributed by atoms with Crippen LogP contribution < -0.4 is 5.32 Å². The van der Waals surface area contributed by atoms with E-state index in [9.17, 15) is 9.18 Å². The Bertz CT molecular complexity index is 1040. The summed E-state index contributed by atoms with van der Waals surface area (Å²) < 4.78 is 14.5. The van der Waals surface area contributed by atoms with Gasteiger partial charge in [0.25, 0.3) is 5.91 Å². The number of hydrogen-bond acceptors (Lipinski definition) is 4. The fraction of sp³-hybridized carbons (Fsp3) is 0. The summed E-state index contributed by atoms with van der Waals surface area (Å²) in [6, 6.07) is 16.1. The molecule has 0 spiro atoms. The molecule has 0 bridgehead atoms. The summed E-state index contributed by atoms with van der Waals surface area (Å²) in [7, 11) is 0. The number of nitrogens with zero attached hydrogens (tertiary/aromatic N) is 4. The Morgan fingerprint density at radius 1 is 1.00 bits per heavy atom. The number of amides is 1. The maximum Gasteiger partial charge on any atom is 0.255 e. The molecule has 6 nitrogen and oxygen atoms in total. The van der Waals surface area contributed by atoms with E-state index in [0.29, 0.717) is 22.4 Å². The average molecular weight is 333 g/mol. The number of pyridine rings is 1. The van der Waals surface area contributed by atoms with Crippen LogP contribution in [-0.2, 0) is 0 Å². The van der Waals surface area contributed by atoms with E-state index >= 15 is 0 Å². The number of carbonyl (C=O) groups is 1. The SMILES string of the molecule is O=C(Nc1ccc(F)cc1)c1ccc(-n2nnc3cccnc32)cc1. The molecule has 0 aliphatic carbocycles. The summed E-state index contributed by atoms with van der Waals surface area (Å²) in [6.45, 7) is 0. The Morgan fingerprint density at radius 2 is 1.76 bits per heavy atom. The predicted molar refractivity (Wildman–Crippen MR) is 91.0 cm³/mol. The summed E-state index contributed by atoms with van der Waals surface area (Å²) in [6.07, 6.45) is 1.67. The van der Waals surface area contributed by atoms with E-state index in [0.717, 1.165) is 5.69 Å². The smallest absolute Gasteiger partial charge is 0.255 e. The first-order valence-electron chi connectivity index (χ1n) is 7.54. The van der Waals surface area contributed by atoms with Gasteiger partial charge in [-0.3, -0.25) is 4.79 Å². The van der Waals surface area contributed by atoms with E-state index in [2.05, 4.69) is 20.6 Å². The van der Waals surface area contributed by atoms with Crippen LogP contribution in [0.5, 0.6) is 0 Å². The van der Waals surface area contributed by atoms with Crippen molar-refractivity contribution >= 4 is 22.8 Å². The number of anilines is 1. The van der Waals surface area contributed by atoms with Crippen molar-refractivity contribution in [3.05, 3.63) is 78.2 Å². The molecule has 0 saturated heterocycles. The second-order valence-electron chi connectivity index (χ2n) is 5.36. The Labute approximate surface area is 141 Å². The van der Waals surface area contributed by atoms with E-state index in [4.69, 9.17) is 0 Å². The third-order valence-corrected chi connectivity index (χ3v) is 3.68. The number of nitrogens with one attached hydrogen (secondary N) is 1. The van der Waals surface area contributed by atoms with Crippen LogP contribution >= 0.6 is 0 Å². The van der Waals surface area contributed by atoms with Gasteiger partial charge in [-0.15, -0.1) is 5.10 Å². The highest BCUT2D eigenvalue weighted by Crippen LogP contribution is 2.16. The van der Waals surface area contributed by atoms with Gasteiger partial charge in [0.2, 0.25) is 0 Å². The Morgan fingerprint density at radius 3 is 2.52 bits per heavy atom. The number of hydrogen-bond donors (Lipinski definition) is 1. The molecule has 0 aliphatic rings. The maximum atomic E-state index is 12.9. The Kier molecular flexibility index (Phi) is 3.66. The molecule has 1 N–H and O–H groups in total. The largest absolute Gasteiger partial charge is 0.322 e. The summed E-state index contributed by atoms with van der Waals surface area (Å²) in [5.41, 5.74) is 3.10. The molecule has 0 atom stereocenters. The van der Waals surface area contributed by atoms with Crippen molar-refractivity contribution < 1.29 is 9.18 Å². The molecule has 1 amide bonds. The molecule has 7 heteroatoms. The van der Waals surface area contributed by atoms with Crippen molar-refractivity contribution in [1.82, 2.24) is 20.0 Å². The molecule has 2 aromatic carbocycles. The van der Waals surface area contributed by atoms with Gasteiger partial charge in [0.05, 0.1) is 5.69 Å². The molecule has 2 heterocycles. The van der Waals surface area contributed by atoms with Crippen LogP contribution in [0.15, 0.2) is 66.9 Å². The average Bonchev–Trinajstić information content (AvgIpc) is 3.08. The molecule has 4 rings (SSSR count). The van der Waals surface area contributed by atoms with Crippen LogP contribution in [0.4, 0.5) is 10.1 Å². The Hall–Kier alpha value is -3.61. The molecule has 0 saturated carbocycles. The second kappa shape index (κ2) is 6.12. The molecular weight excluding hydrogens is 321 g/mol. The summed E-state index contributed by atoms with van der Waals surface area (Å²) in [5.74, 6) is -0.629. The van der Waals surface area contributed by atoms with Crippen molar-refractivity contribution in [1.29, 1.82) is 0 Å². The Balaban J connectivity index is 1.57. The standard InChI is InChI=1S/C18H12FN5O/c19-13-5-7-14(8-6-13)21-18(25)12-3-9-15(10-4-12)24-17-16(22-23-24)2-1-11-20-17/h1-11H,(H,21,25). The van der Waals surface area contributed by atoms with E-state index in [1.54, 1.807) is 41.2 Å². The molecule has 25 heavy (non-hydrogen) atoms. The summed E-state index contributed by atoms with van der Waals surface area (Å²) >= 11 is 0. The molecule has 0 aliphatic heterocycles. The number of carbonyl (C=O) groups excluding carboxylic acids is 1. The van der Waals surface area contributed by atoms with Gasteiger partial charge in [-0.05, 0) is 60.7 Å². The zero-order valence-electron chi connectivity index (χ0n) is 12.9. The van der Waals surface area contributed by atoms with Gasteiger partial charge in [0.15, 0.2) is 5.65 Å². The highest BCUT2D eigenvalue weighted by molar-refractivity contribution is 6.04. The zero-order valence-corrected chi connectivity index (χ0v) is 12.9. The minimum atomic E-state index is -0.351. The summed E-state index contributed by atoms with van der Waals surface area (Å²) in [5, 5.41) is 10.9. The van der Waals surface area contributed by atoms with E-state index < -0.39 is 0 Å². The normalized spacial score (nSPS) is 10.8. The third kappa shape index (κ3) is 2.94. The molecule has 4 aromatic rings. The topological polar surface area (TPSA) is 72.7 Å². The number of benzene rings is 2. The molecule has 2 aromatic heterocycles. The first-order chi connectivity index (χ1) is 12.2. The number of rotatable bonds is 3. The van der Waals surface area contributed by atoms with E-state index in [-0.39, 0.29) is 11.7 Å². The first kappa shape index (κ1) is 14.9. The molecular formula is C18H12FN5O. The van der Waals surface area contributed by atoms with Gasteiger partial charge in [0, 0.05) is 17.4 Å². The lowest BCUT2D eigenvalue weighted by Gasteiger charge is -2.06. The minimum Gasteiger partial charge on any atom is -0.322 e. The van der Waals surface area contributed by atoms with Crippen LogP contribution in [0.3, 0.4) is 0 Å². The lowest BCUT2D eigenvalue weighted by Crippen LogP contribution is -2.12. The third-order valence-electron chi connectivity index (χ3n) is 3.68. The van der Waals surface area contributed by atoms with Crippen molar-refractivity contribution in [3.8, 4) is 5.69 Å². The fourth-order valence-electron chi connectivity index (χ4n) is 2.43.